The highest BCUT2D eigenvalue weighted by Gasteiger charge is 2.09. The lowest BCUT2D eigenvalue weighted by Gasteiger charge is -1.96. The van der Waals surface area contributed by atoms with Crippen LogP contribution in [-0.2, 0) is 0 Å². The maximum atomic E-state index is 10.6. The summed E-state index contributed by atoms with van der Waals surface area (Å²) in [6.45, 7) is 1.88. The Morgan fingerprint density at radius 3 is 2.93 bits per heavy atom. The number of aromatic carboxylic acids is 1. The highest BCUT2D eigenvalue weighted by Crippen LogP contribution is 2.23. The Labute approximate surface area is 90.3 Å². The van der Waals surface area contributed by atoms with Gasteiger partial charge >= 0.3 is 5.97 Å². The maximum Gasteiger partial charge on any atom is 0.355 e. The summed E-state index contributed by atoms with van der Waals surface area (Å²) >= 11 is 1.32. The van der Waals surface area contributed by atoms with Crippen molar-refractivity contribution in [3.63, 3.8) is 0 Å². The number of aromatic nitrogens is 2. The molecule has 0 aliphatic rings. The molecule has 1 N–H and O–H groups in total. The number of aryl methyl sites for hydroxylation is 1. The molecule has 0 saturated heterocycles. The molecule has 0 saturated carbocycles. The first-order chi connectivity index (χ1) is 7.16. The molecule has 4 nitrogen and oxygen atoms in total. The minimum atomic E-state index is -0.997. The van der Waals surface area contributed by atoms with Gasteiger partial charge in [0.25, 0.3) is 0 Å². The third-order valence-corrected chi connectivity index (χ3v) is 2.76. The molecule has 2 aromatic heterocycles. The predicted octanol–water partition coefficient (Wildman–Crippen LogP) is 2.21. The normalized spacial score (nSPS) is 10.2. The molecule has 5 heteroatoms. The summed E-state index contributed by atoms with van der Waals surface area (Å²) in [6.07, 6.45) is 1.69. The minimum absolute atomic E-state index is 0.0875. The van der Waals surface area contributed by atoms with Gasteiger partial charge in [0.2, 0.25) is 0 Å². The van der Waals surface area contributed by atoms with Crippen molar-refractivity contribution in [2.45, 2.75) is 6.92 Å². The average molecular weight is 220 g/mol. The minimum Gasteiger partial charge on any atom is -0.476 e. The number of carboxylic acids is 1. The van der Waals surface area contributed by atoms with Crippen LogP contribution < -0.4 is 0 Å². The molecule has 0 aliphatic carbocycles. The summed E-state index contributed by atoms with van der Waals surface area (Å²) in [6, 6.07) is 3.70. The number of rotatable bonds is 2. The first-order valence-electron chi connectivity index (χ1n) is 4.28. The van der Waals surface area contributed by atoms with E-state index in [1.54, 1.807) is 6.20 Å². The monoisotopic (exact) mass is 220 g/mol. The fourth-order valence-electron chi connectivity index (χ4n) is 1.18. The fourth-order valence-corrected chi connectivity index (χ4v) is 1.97. The van der Waals surface area contributed by atoms with Gasteiger partial charge in [-0.05, 0) is 19.1 Å². The molecule has 2 heterocycles. The first-order valence-corrected chi connectivity index (χ1v) is 5.16. The molecule has 0 aliphatic heterocycles. The Balaban J connectivity index is 2.41. The number of hydrogen-bond donors (Lipinski definition) is 1. The SMILES string of the molecule is Cc1cc(-c2nc(C(=O)O)cs2)ccn1. The van der Waals surface area contributed by atoms with Gasteiger partial charge in [-0.3, -0.25) is 4.98 Å². The molecular weight excluding hydrogens is 212 g/mol. The lowest BCUT2D eigenvalue weighted by Crippen LogP contribution is -1.95. The van der Waals surface area contributed by atoms with Crippen LogP contribution in [0, 0.1) is 6.92 Å². The second-order valence-electron chi connectivity index (χ2n) is 3.03. The second-order valence-corrected chi connectivity index (χ2v) is 3.89. The zero-order valence-electron chi connectivity index (χ0n) is 7.97. The van der Waals surface area contributed by atoms with Gasteiger partial charge in [0.05, 0.1) is 0 Å². The number of hydrogen-bond acceptors (Lipinski definition) is 4. The van der Waals surface area contributed by atoms with Gasteiger partial charge < -0.3 is 5.11 Å². The third-order valence-electron chi connectivity index (χ3n) is 1.87. The number of thiazole rings is 1. The third kappa shape index (κ3) is 2.02. The summed E-state index contributed by atoms with van der Waals surface area (Å²) in [5, 5.41) is 11.0. The van der Waals surface area contributed by atoms with Crippen molar-refractivity contribution in [1.29, 1.82) is 0 Å². The van der Waals surface area contributed by atoms with Crippen LogP contribution in [0.5, 0.6) is 0 Å². The Bertz CT molecular complexity index is 508. The molecule has 0 spiro atoms. The van der Waals surface area contributed by atoms with Crippen molar-refractivity contribution in [1.82, 2.24) is 9.97 Å². The lowest BCUT2D eigenvalue weighted by molar-refractivity contribution is 0.0691. The van der Waals surface area contributed by atoms with E-state index in [0.717, 1.165) is 11.3 Å². The Morgan fingerprint density at radius 1 is 1.53 bits per heavy atom. The van der Waals surface area contributed by atoms with E-state index in [4.69, 9.17) is 5.11 Å². The van der Waals surface area contributed by atoms with Gasteiger partial charge in [-0.1, -0.05) is 0 Å². The molecule has 0 bridgehead atoms. The van der Waals surface area contributed by atoms with E-state index in [0.29, 0.717) is 5.01 Å². The zero-order valence-corrected chi connectivity index (χ0v) is 8.78. The number of carbonyl (C=O) groups is 1. The van der Waals surface area contributed by atoms with E-state index in [1.165, 1.54) is 16.7 Å². The smallest absolute Gasteiger partial charge is 0.355 e. The second kappa shape index (κ2) is 3.78. The summed E-state index contributed by atoms with van der Waals surface area (Å²) in [5.41, 5.74) is 1.88. The van der Waals surface area contributed by atoms with Gasteiger partial charge in [0.1, 0.15) is 5.01 Å². The summed E-state index contributed by atoms with van der Waals surface area (Å²) in [4.78, 5) is 18.7. The van der Waals surface area contributed by atoms with E-state index < -0.39 is 5.97 Å². The van der Waals surface area contributed by atoms with Crippen molar-refractivity contribution in [2.75, 3.05) is 0 Å². The van der Waals surface area contributed by atoms with Crippen LogP contribution in [0.25, 0.3) is 10.6 Å². The zero-order chi connectivity index (χ0) is 10.8. The van der Waals surface area contributed by atoms with Crippen LogP contribution in [0.2, 0.25) is 0 Å². The molecule has 2 rings (SSSR count). The van der Waals surface area contributed by atoms with E-state index in [9.17, 15) is 4.79 Å². The number of carboxylic acid groups (broad SMARTS) is 1. The van der Waals surface area contributed by atoms with Gasteiger partial charge in [-0.2, -0.15) is 0 Å². The van der Waals surface area contributed by atoms with E-state index in [1.807, 2.05) is 19.1 Å². The molecule has 2 aromatic rings. The molecule has 0 amide bonds. The van der Waals surface area contributed by atoms with Crippen molar-refractivity contribution >= 4 is 17.3 Å². The van der Waals surface area contributed by atoms with Crippen molar-refractivity contribution in [3.8, 4) is 10.6 Å². The maximum absolute atomic E-state index is 10.6. The van der Waals surface area contributed by atoms with Crippen LogP contribution >= 0.6 is 11.3 Å². The molecule has 76 valence electrons. The van der Waals surface area contributed by atoms with Crippen molar-refractivity contribution in [2.24, 2.45) is 0 Å². The molecule has 0 atom stereocenters. The topological polar surface area (TPSA) is 63.1 Å². The molecule has 0 aromatic carbocycles. The molecular formula is C10H8N2O2S. The lowest BCUT2D eigenvalue weighted by atomic mass is 10.2. The highest BCUT2D eigenvalue weighted by atomic mass is 32.1. The van der Waals surface area contributed by atoms with Gasteiger partial charge in [0, 0.05) is 22.8 Å². The summed E-state index contributed by atoms with van der Waals surface area (Å²) < 4.78 is 0. The molecule has 0 unspecified atom stereocenters. The largest absolute Gasteiger partial charge is 0.476 e. The Kier molecular flexibility index (Phi) is 2.47. The summed E-state index contributed by atoms with van der Waals surface area (Å²) in [7, 11) is 0. The first kappa shape index (κ1) is 9.79. The van der Waals surface area contributed by atoms with E-state index >= 15 is 0 Å². The standard InChI is InChI=1S/C10H8N2O2S/c1-6-4-7(2-3-11-6)9-12-8(5-15-9)10(13)14/h2-5H,1H3,(H,13,14). The average Bonchev–Trinajstić information content (AvgIpc) is 2.66. The Hall–Kier alpha value is -1.75. The number of nitrogens with zero attached hydrogens (tertiary/aromatic N) is 2. The van der Waals surface area contributed by atoms with E-state index in [2.05, 4.69) is 9.97 Å². The van der Waals surface area contributed by atoms with Crippen molar-refractivity contribution in [3.05, 3.63) is 35.1 Å². The number of pyridine rings is 1. The van der Waals surface area contributed by atoms with Gasteiger partial charge in [0.15, 0.2) is 5.69 Å². The van der Waals surface area contributed by atoms with Crippen molar-refractivity contribution < 1.29 is 9.90 Å². The van der Waals surface area contributed by atoms with Crippen LogP contribution in [0.1, 0.15) is 16.2 Å². The quantitative estimate of drug-likeness (QED) is 0.842. The predicted molar refractivity (Wildman–Crippen MR) is 57.0 cm³/mol. The van der Waals surface area contributed by atoms with Crippen LogP contribution in [0.4, 0.5) is 0 Å². The molecule has 0 radical (unpaired) electrons. The summed E-state index contributed by atoms with van der Waals surface area (Å²) in [5.74, 6) is -0.997. The van der Waals surface area contributed by atoms with Gasteiger partial charge in [-0.15, -0.1) is 11.3 Å². The van der Waals surface area contributed by atoms with Crippen LogP contribution in [0.3, 0.4) is 0 Å². The highest BCUT2D eigenvalue weighted by molar-refractivity contribution is 7.13. The van der Waals surface area contributed by atoms with Crippen LogP contribution in [0.15, 0.2) is 23.7 Å². The van der Waals surface area contributed by atoms with E-state index in [-0.39, 0.29) is 5.69 Å². The fraction of sp³-hybridized carbons (Fsp3) is 0.100. The molecule has 15 heavy (non-hydrogen) atoms. The van der Waals surface area contributed by atoms with Gasteiger partial charge in [-0.25, -0.2) is 9.78 Å². The molecule has 0 fully saturated rings. The Morgan fingerprint density at radius 2 is 2.33 bits per heavy atom. The van der Waals surface area contributed by atoms with Crippen LogP contribution in [-0.4, -0.2) is 21.0 Å².